The molecule has 0 N–H and O–H groups in total. The highest BCUT2D eigenvalue weighted by Gasteiger charge is 2.44. The van der Waals surface area contributed by atoms with Crippen LogP contribution in [0.15, 0.2) is 30.0 Å². The summed E-state index contributed by atoms with van der Waals surface area (Å²) < 4.78 is 10.7. The highest BCUT2D eigenvalue weighted by atomic mass is 16.5. The van der Waals surface area contributed by atoms with Crippen LogP contribution < -0.4 is 4.74 Å². The van der Waals surface area contributed by atoms with Gasteiger partial charge in [0.15, 0.2) is 0 Å². The molecule has 1 aliphatic carbocycles. The molecular formula is C23H30N2O4. The van der Waals surface area contributed by atoms with Crippen molar-refractivity contribution in [1.29, 1.82) is 0 Å². The van der Waals surface area contributed by atoms with Crippen molar-refractivity contribution in [3.05, 3.63) is 35.5 Å². The van der Waals surface area contributed by atoms with Crippen LogP contribution in [0.2, 0.25) is 0 Å². The predicted octanol–water partition coefficient (Wildman–Crippen LogP) is 3.22. The van der Waals surface area contributed by atoms with E-state index in [-0.39, 0.29) is 17.9 Å². The summed E-state index contributed by atoms with van der Waals surface area (Å²) in [6, 6.07) is 7.44. The Labute approximate surface area is 172 Å². The molecule has 2 heterocycles. The standard InChI is InChI=1S/C23H30N2O4/c1-28-19-11-9-17(10-12-19)20-21(24-13-15-29-16-14-24)23(27)25(22(20)26)18-7-5-3-2-4-6-8-18/h9-12,18H,2-8,13-16H2,1H3. The van der Waals surface area contributed by atoms with E-state index in [1.807, 2.05) is 29.2 Å². The highest BCUT2D eigenvalue weighted by molar-refractivity contribution is 6.35. The fourth-order valence-electron chi connectivity index (χ4n) is 4.66. The second-order valence-corrected chi connectivity index (χ2v) is 8.03. The number of methoxy groups -OCH3 is 1. The zero-order valence-electron chi connectivity index (χ0n) is 17.2. The lowest BCUT2D eigenvalue weighted by molar-refractivity contribution is -0.141. The Bertz CT molecular complexity index is 773. The van der Waals surface area contributed by atoms with E-state index in [0.717, 1.165) is 37.0 Å². The summed E-state index contributed by atoms with van der Waals surface area (Å²) in [5.74, 6) is 0.455. The van der Waals surface area contributed by atoms with Gasteiger partial charge in [0.25, 0.3) is 11.8 Å². The SMILES string of the molecule is COc1ccc(C2=C(N3CCOCC3)C(=O)N(C3CCCCCCC3)C2=O)cc1. The summed E-state index contributed by atoms with van der Waals surface area (Å²) in [5, 5.41) is 0. The Balaban J connectivity index is 1.70. The van der Waals surface area contributed by atoms with Gasteiger partial charge < -0.3 is 14.4 Å². The van der Waals surface area contributed by atoms with Crippen molar-refractivity contribution in [1.82, 2.24) is 9.80 Å². The topological polar surface area (TPSA) is 59.1 Å². The molecule has 1 aromatic rings. The first-order valence-corrected chi connectivity index (χ1v) is 10.8. The third kappa shape index (κ3) is 4.04. The van der Waals surface area contributed by atoms with E-state index in [4.69, 9.17) is 9.47 Å². The fourth-order valence-corrected chi connectivity index (χ4v) is 4.66. The molecule has 0 atom stereocenters. The average molecular weight is 399 g/mol. The van der Waals surface area contributed by atoms with Gasteiger partial charge in [-0.1, -0.05) is 44.2 Å². The number of morpholine rings is 1. The summed E-state index contributed by atoms with van der Waals surface area (Å²) in [5.41, 5.74) is 1.85. The van der Waals surface area contributed by atoms with Crippen LogP contribution in [0.4, 0.5) is 0 Å². The molecule has 2 amide bonds. The molecule has 2 aliphatic heterocycles. The van der Waals surface area contributed by atoms with Crippen molar-refractivity contribution in [3.63, 3.8) is 0 Å². The van der Waals surface area contributed by atoms with Gasteiger partial charge in [0.2, 0.25) is 0 Å². The first kappa shape index (κ1) is 20.0. The number of hydrogen-bond acceptors (Lipinski definition) is 5. The number of hydrogen-bond donors (Lipinski definition) is 0. The number of carbonyl (C=O) groups excluding carboxylic acids is 2. The Morgan fingerprint density at radius 3 is 2.14 bits per heavy atom. The third-order valence-corrected chi connectivity index (χ3v) is 6.24. The molecule has 4 rings (SSSR count). The summed E-state index contributed by atoms with van der Waals surface area (Å²) in [6.07, 6.45) is 7.58. The van der Waals surface area contributed by atoms with E-state index in [9.17, 15) is 9.59 Å². The Morgan fingerprint density at radius 1 is 0.897 bits per heavy atom. The molecule has 0 spiro atoms. The summed E-state index contributed by atoms with van der Waals surface area (Å²) in [6.45, 7) is 2.41. The lowest BCUT2D eigenvalue weighted by atomic mass is 9.95. The molecule has 0 unspecified atom stereocenters. The molecule has 0 aromatic heterocycles. The van der Waals surface area contributed by atoms with Gasteiger partial charge in [0.1, 0.15) is 11.4 Å². The van der Waals surface area contributed by atoms with Gasteiger partial charge in [0.05, 0.1) is 25.9 Å². The Morgan fingerprint density at radius 2 is 1.52 bits per heavy atom. The Kier molecular flexibility index (Phi) is 6.19. The van der Waals surface area contributed by atoms with E-state index >= 15 is 0 Å². The van der Waals surface area contributed by atoms with Gasteiger partial charge in [-0.2, -0.15) is 0 Å². The van der Waals surface area contributed by atoms with Gasteiger partial charge >= 0.3 is 0 Å². The summed E-state index contributed by atoms with van der Waals surface area (Å²) in [4.78, 5) is 30.7. The van der Waals surface area contributed by atoms with Gasteiger partial charge in [-0.05, 0) is 30.5 Å². The maximum Gasteiger partial charge on any atom is 0.278 e. The largest absolute Gasteiger partial charge is 0.497 e. The molecule has 6 nitrogen and oxygen atoms in total. The van der Waals surface area contributed by atoms with E-state index < -0.39 is 0 Å². The number of amides is 2. The van der Waals surface area contributed by atoms with Gasteiger partial charge in [-0.3, -0.25) is 14.5 Å². The van der Waals surface area contributed by atoms with E-state index in [1.54, 1.807) is 12.0 Å². The van der Waals surface area contributed by atoms with Crippen molar-refractivity contribution in [2.45, 2.75) is 51.0 Å². The molecule has 1 saturated carbocycles. The van der Waals surface area contributed by atoms with Crippen LogP contribution in [0.5, 0.6) is 5.75 Å². The molecule has 0 bridgehead atoms. The van der Waals surface area contributed by atoms with Crippen LogP contribution in [0.25, 0.3) is 5.57 Å². The number of ether oxygens (including phenoxy) is 2. The highest BCUT2D eigenvalue weighted by Crippen LogP contribution is 2.36. The van der Waals surface area contributed by atoms with E-state index in [1.165, 1.54) is 19.3 Å². The summed E-state index contributed by atoms with van der Waals surface area (Å²) >= 11 is 0. The van der Waals surface area contributed by atoms with Gasteiger partial charge in [-0.25, -0.2) is 0 Å². The van der Waals surface area contributed by atoms with Crippen LogP contribution in [0, 0.1) is 0 Å². The molecular weight excluding hydrogens is 368 g/mol. The number of nitrogens with zero attached hydrogens (tertiary/aromatic N) is 2. The van der Waals surface area contributed by atoms with Crippen LogP contribution in [-0.2, 0) is 14.3 Å². The minimum absolute atomic E-state index is 0.00193. The lowest BCUT2D eigenvalue weighted by Crippen LogP contribution is -2.44. The van der Waals surface area contributed by atoms with Crippen molar-refractivity contribution < 1.29 is 19.1 Å². The van der Waals surface area contributed by atoms with Gasteiger partial charge in [-0.15, -0.1) is 0 Å². The van der Waals surface area contributed by atoms with Crippen LogP contribution >= 0.6 is 0 Å². The monoisotopic (exact) mass is 398 g/mol. The summed E-state index contributed by atoms with van der Waals surface area (Å²) in [7, 11) is 1.62. The smallest absolute Gasteiger partial charge is 0.278 e. The van der Waals surface area contributed by atoms with Crippen LogP contribution in [-0.4, -0.2) is 61.1 Å². The molecule has 29 heavy (non-hydrogen) atoms. The zero-order valence-corrected chi connectivity index (χ0v) is 17.2. The third-order valence-electron chi connectivity index (χ3n) is 6.24. The molecule has 1 aromatic carbocycles. The first-order chi connectivity index (χ1) is 14.2. The number of rotatable bonds is 4. The molecule has 0 radical (unpaired) electrons. The maximum atomic E-state index is 13.6. The minimum atomic E-state index is -0.146. The molecule has 6 heteroatoms. The van der Waals surface area contributed by atoms with Crippen LogP contribution in [0.1, 0.15) is 50.5 Å². The van der Waals surface area contributed by atoms with E-state index in [2.05, 4.69) is 0 Å². The maximum absolute atomic E-state index is 13.6. The molecule has 3 aliphatic rings. The normalized spacial score (nSPS) is 22.1. The lowest BCUT2D eigenvalue weighted by Gasteiger charge is -2.31. The van der Waals surface area contributed by atoms with Crippen LogP contribution in [0.3, 0.4) is 0 Å². The van der Waals surface area contributed by atoms with Gasteiger partial charge in [0, 0.05) is 19.1 Å². The predicted molar refractivity (Wildman–Crippen MR) is 110 cm³/mol. The van der Waals surface area contributed by atoms with Crippen molar-refractivity contribution >= 4 is 17.4 Å². The zero-order chi connectivity index (χ0) is 20.2. The fraction of sp³-hybridized carbons (Fsp3) is 0.565. The van der Waals surface area contributed by atoms with E-state index in [0.29, 0.717) is 37.6 Å². The molecule has 1 saturated heterocycles. The quantitative estimate of drug-likeness (QED) is 0.729. The van der Waals surface area contributed by atoms with Crippen molar-refractivity contribution in [2.24, 2.45) is 0 Å². The van der Waals surface area contributed by atoms with Crippen molar-refractivity contribution in [3.8, 4) is 5.75 Å². The molecule has 2 fully saturated rings. The first-order valence-electron chi connectivity index (χ1n) is 10.8. The Hall–Kier alpha value is -2.34. The average Bonchev–Trinajstić information content (AvgIpc) is 2.99. The minimum Gasteiger partial charge on any atom is -0.497 e. The number of imide groups is 1. The number of carbonyl (C=O) groups is 2. The second-order valence-electron chi connectivity index (χ2n) is 8.03. The van der Waals surface area contributed by atoms with Crippen molar-refractivity contribution in [2.75, 3.05) is 33.4 Å². The molecule has 156 valence electrons. The second kappa shape index (κ2) is 8.99. The number of benzene rings is 1.